The fourth-order valence-electron chi connectivity index (χ4n) is 1.62. The Morgan fingerprint density at radius 1 is 1.44 bits per heavy atom. The zero-order valence-electron chi connectivity index (χ0n) is 10.1. The highest BCUT2D eigenvalue weighted by Crippen LogP contribution is 2.27. The van der Waals surface area contributed by atoms with Gasteiger partial charge in [-0.05, 0) is 19.9 Å². The van der Waals surface area contributed by atoms with Crippen molar-refractivity contribution >= 4 is 11.4 Å². The molecule has 1 aromatic heterocycles. The van der Waals surface area contributed by atoms with Crippen LogP contribution >= 0.6 is 0 Å². The van der Waals surface area contributed by atoms with Crippen molar-refractivity contribution in [3.63, 3.8) is 0 Å². The lowest BCUT2D eigenvalue weighted by Gasteiger charge is -2.11. The molecule has 18 heavy (non-hydrogen) atoms. The van der Waals surface area contributed by atoms with Crippen LogP contribution in [-0.4, -0.2) is 9.91 Å². The Hall–Kier alpha value is -2.37. The highest BCUT2D eigenvalue weighted by molar-refractivity contribution is 5.61. The first kappa shape index (κ1) is 12.1. The second-order valence-electron chi connectivity index (χ2n) is 3.95. The second kappa shape index (κ2) is 4.87. The lowest BCUT2D eigenvalue weighted by molar-refractivity contribution is -0.384. The van der Waals surface area contributed by atoms with Gasteiger partial charge in [0.15, 0.2) is 0 Å². The summed E-state index contributed by atoms with van der Waals surface area (Å²) in [6, 6.07) is 6.24. The number of nitro benzene ring substituents is 1. The Morgan fingerprint density at radius 2 is 2.17 bits per heavy atom. The van der Waals surface area contributed by atoms with E-state index in [9.17, 15) is 10.1 Å². The molecule has 0 saturated heterocycles. The molecule has 0 fully saturated rings. The van der Waals surface area contributed by atoms with E-state index >= 15 is 0 Å². The summed E-state index contributed by atoms with van der Waals surface area (Å²) in [5.74, 6) is 1.21. The van der Waals surface area contributed by atoms with E-state index in [1.54, 1.807) is 31.3 Å². The minimum absolute atomic E-state index is 0.0348. The number of hydrogen-bond donors (Lipinski definition) is 1. The first-order valence-electron chi connectivity index (χ1n) is 5.50. The second-order valence-corrected chi connectivity index (χ2v) is 3.95. The number of para-hydroxylation sites is 2. The molecule has 1 N–H and O–H groups in total. The number of aromatic nitrogens is 1. The number of rotatable bonds is 4. The number of oxazole rings is 1. The molecule has 1 aromatic carbocycles. The van der Waals surface area contributed by atoms with Crippen LogP contribution in [0.15, 0.2) is 34.9 Å². The molecule has 1 heterocycles. The maximum atomic E-state index is 10.9. The average molecular weight is 247 g/mol. The van der Waals surface area contributed by atoms with E-state index in [-0.39, 0.29) is 11.7 Å². The molecule has 2 aromatic rings. The summed E-state index contributed by atoms with van der Waals surface area (Å²) in [6.45, 7) is 3.64. The molecule has 6 heteroatoms. The van der Waals surface area contributed by atoms with Crippen LogP contribution < -0.4 is 5.32 Å². The first-order valence-corrected chi connectivity index (χ1v) is 5.50. The van der Waals surface area contributed by atoms with Crippen LogP contribution in [0.4, 0.5) is 11.4 Å². The van der Waals surface area contributed by atoms with Crippen LogP contribution in [0.3, 0.4) is 0 Å². The smallest absolute Gasteiger partial charge is 0.292 e. The standard InChI is InChI=1S/C12H13N3O3/c1-8-7-13-12(18-8)9(2)14-10-5-3-4-6-11(10)15(16)17/h3-7,9,14H,1-2H3. The first-order chi connectivity index (χ1) is 8.58. The molecule has 1 atom stereocenters. The summed E-state index contributed by atoms with van der Waals surface area (Å²) in [5, 5.41) is 13.9. The van der Waals surface area contributed by atoms with Gasteiger partial charge >= 0.3 is 0 Å². The third-order valence-corrected chi connectivity index (χ3v) is 2.48. The highest BCUT2D eigenvalue weighted by Gasteiger charge is 2.17. The van der Waals surface area contributed by atoms with Crippen LogP contribution in [0.1, 0.15) is 24.6 Å². The van der Waals surface area contributed by atoms with Crippen LogP contribution in [0.5, 0.6) is 0 Å². The molecule has 1 unspecified atom stereocenters. The van der Waals surface area contributed by atoms with Gasteiger partial charge in [-0.25, -0.2) is 4.98 Å². The van der Waals surface area contributed by atoms with Crippen molar-refractivity contribution in [1.29, 1.82) is 0 Å². The van der Waals surface area contributed by atoms with E-state index in [1.807, 2.05) is 6.92 Å². The Bertz CT molecular complexity index is 565. The van der Waals surface area contributed by atoms with E-state index in [2.05, 4.69) is 10.3 Å². The average Bonchev–Trinajstić information content (AvgIpc) is 2.76. The molecule has 0 aliphatic carbocycles. The SMILES string of the molecule is Cc1cnc(C(C)Nc2ccccc2[N+](=O)[O-])o1. The van der Waals surface area contributed by atoms with Gasteiger partial charge in [-0.2, -0.15) is 0 Å². The lowest BCUT2D eigenvalue weighted by atomic mass is 10.2. The van der Waals surface area contributed by atoms with E-state index in [0.29, 0.717) is 17.3 Å². The maximum Gasteiger partial charge on any atom is 0.292 e. The van der Waals surface area contributed by atoms with Gasteiger partial charge in [0.2, 0.25) is 5.89 Å². The molecular weight excluding hydrogens is 234 g/mol. The van der Waals surface area contributed by atoms with E-state index in [1.165, 1.54) is 6.07 Å². The van der Waals surface area contributed by atoms with E-state index < -0.39 is 4.92 Å². The quantitative estimate of drug-likeness (QED) is 0.663. The van der Waals surface area contributed by atoms with Crippen molar-refractivity contribution in [2.45, 2.75) is 19.9 Å². The number of nitrogens with zero attached hydrogens (tertiary/aromatic N) is 2. The maximum absolute atomic E-state index is 10.9. The largest absolute Gasteiger partial charge is 0.444 e. The van der Waals surface area contributed by atoms with Crippen molar-refractivity contribution in [3.8, 4) is 0 Å². The van der Waals surface area contributed by atoms with Gasteiger partial charge in [0.05, 0.1) is 11.1 Å². The van der Waals surface area contributed by atoms with Crippen molar-refractivity contribution in [2.75, 3.05) is 5.32 Å². The van der Waals surface area contributed by atoms with Gasteiger partial charge < -0.3 is 9.73 Å². The van der Waals surface area contributed by atoms with E-state index in [0.717, 1.165) is 0 Å². The molecule has 0 amide bonds. The van der Waals surface area contributed by atoms with Gasteiger partial charge in [0, 0.05) is 6.07 Å². The van der Waals surface area contributed by atoms with Gasteiger partial charge in [0.25, 0.3) is 5.69 Å². The molecular formula is C12H13N3O3. The molecule has 0 aliphatic rings. The monoisotopic (exact) mass is 247 g/mol. The summed E-state index contributed by atoms with van der Waals surface area (Å²) in [6.07, 6.45) is 1.62. The zero-order valence-corrected chi connectivity index (χ0v) is 10.1. The van der Waals surface area contributed by atoms with Crippen molar-refractivity contribution in [1.82, 2.24) is 4.98 Å². The van der Waals surface area contributed by atoms with Crippen LogP contribution in [0.2, 0.25) is 0 Å². The molecule has 2 rings (SSSR count). The fourth-order valence-corrected chi connectivity index (χ4v) is 1.62. The molecule has 0 bridgehead atoms. The number of nitrogens with one attached hydrogen (secondary N) is 1. The molecule has 0 spiro atoms. The number of nitro groups is 1. The summed E-state index contributed by atoms with van der Waals surface area (Å²) < 4.78 is 5.37. The number of aryl methyl sites for hydroxylation is 1. The van der Waals surface area contributed by atoms with Crippen LogP contribution in [0, 0.1) is 17.0 Å². The lowest BCUT2D eigenvalue weighted by Crippen LogP contribution is -2.08. The van der Waals surface area contributed by atoms with Crippen molar-refractivity contribution in [2.24, 2.45) is 0 Å². The summed E-state index contributed by atoms with van der Waals surface area (Å²) >= 11 is 0. The molecule has 0 saturated carbocycles. The predicted molar refractivity (Wildman–Crippen MR) is 66.4 cm³/mol. The van der Waals surface area contributed by atoms with Gasteiger partial charge in [-0.15, -0.1) is 0 Å². The number of hydrogen-bond acceptors (Lipinski definition) is 5. The highest BCUT2D eigenvalue weighted by atomic mass is 16.6. The van der Waals surface area contributed by atoms with Crippen LogP contribution in [-0.2, 0) is 0 Å². The normalized spacial score (nSPS) is 12.1. The van der Waals surface area contributed by atoms with Crippen molar-refractivity contribution in [3.05, 3.63) is 52.2 Å². The van der Waals surface area contributed by atoms with Gasteiger partial charge in [0.1, 0.15) is 17.5 Å². The van der Waals surface area contributed by atoms with Gasteiger partial charge in [-0.1, -0.05) is 12.1 Å². The Labute approximate surface area is 104 Å². The minimum atomic E-state index is -0.421. The summed E-state index contributed by atoms with van der Waals surface area (Å²) in [7, 11) is 0. The summed E-state index contributed by atoms with van der Waals surface area (Å²) in [4.78, 5) is 14.5. The number of anilines is 1. The third kappa shape index (κ3) is 2.48. The Morgan fingerprint density at radius 3 is 2.78 bits per heavy atom. The minimum Gasteiger partial charge on any atom is -0.444 e. The predicted octanol–water partition coefficient (Wildman–Crippen LogP) is 3.06. The summed E-state index contributed by atoms with van der Waals surface area (Å²) in [5.41, 5.74) is 0.485. The van der Waals surface area contributed by atoms with Crippen molar-refractivity contribution < 1.29 is 9.34 Å². The van der Waals surface area contributed by atoms with E-state index in [4.69, 9.17) is 4.42 Å². The topological polar surface area (TPSA) is 81.2 Å². The van der Waals surface area contributed by atoms with Crippen LogP contribution in [0.25, 0.3) is 0 Å². The molecule has 0 aliphatic heterocycles. The molecule has 0 radical (unpaired) electrons. The molecule has 94 valence electrons. The zero-order chi connectivity index (χ0) is 13.1. The Balaban J connectivity index is 2.21. The fraction of sp³-hybridized carbons (Fsp3) is 0.250. The van der Waals surface area contributed by atoms with Gasteiger partial charge in [-0.3, -0.25) is 10.1 Å². The molecule has 6 nitrogen and oxygen atoms in total. The Kier molecular flexibility index (Phi) is 3.27. The number of benzene rings is 1. The third-order valence-electron chi connectivity index (χ3n) is 2.48.